The molecule has 2 heteroatoms. The number of aryl methyl sites for hydroxylation is 1. The van der Waals surface area contributed by atoms with E-state index in [1.807, 2.05) is 0 Å². The molecule has 2 nitrogen and oxygen atoms in total. The van der Waals surface area contributed by atoms with E-state index in [0.717, 1.165) is 19.1 Å². The van der Waals surface area contributed by atoms with Gasteiger partial charge in [0, 0.05) is 24.8 Å². The lowest BCUT2D eigenvalue weighted by molar-refractivity contribution is 0.372. The van der Waals surface area contributed by atoms with Gasteiger partial charge in [0.2, 0.25) is 0 Å². The van der Waals surface area contributed by atoms with E-state index in [1.54, 1.807) is 0 Å². The van der Waals surface area contributed by atoms with Crippen LogP contribution in [0.15, 0.2) is 18.2 Å². The molecule has 0 spiro atoms. The average molecular weight is 244 g/mol. The molecular formula is C16H24N2. The highest BCUT2D eigenvalue weighted by molar-refractivity contribution is 5.59. The molecule has 0 bridgehead atoms. The quantitative estimate of drug-likeness (QED) is 0.851. The van der Waals surface area contributed by atoms with Crippen molar-refractivity contribution >= 4 is 5.69 Å². The van der Waals surface area contributed by atoms with Crippen LogP contribution in [-0.4, -0.2) is 12.6 Å². The van der Waals surface area contributed by atoms with Gasteiger partial charge in [-0.1, -0.05) is 37.5 Å². The van der Waals surface area contributed by atoms with Crippen molar-refractivity contribution in [2.24, 2.45) is 0 Å². The van der Waals surface area contributed by atoms with Gasteiger partial charge in [-0.25, -0.2) is 0 Å². The molecule has 1 aromatic carbocycles. The van der Waals surface area contributed by atoms with Gasteiger partial charge in [-0.3, -0.25) is 0 Å². The van der Waals surface area contributed by atoms with Crippen LogP contribution < -0.4 is 10.6 Å². The highest BCUT2D eigenvalue weighted by Crippen LogP contribution is 2.26. The van der Waals surface area contributed by atoms with Crippen LogP contribution in [0.4, 0.5) is 5.69 Å². The molecule has 0 atom stereocenters. The number of para-hydroxylation sites is 1. The number of anilines is 1. The van der Waals surface area contributed by atoms with E-state index >= 15 is 0 Å². The topological polar surface area (TPSA) is 24.1 Å². The SMILES string of the molecule is c1cc2c(c(CNC3CCCCC3)c1)NCCC2. The summed E-state index contributed by atoms with van der Waals surface area (Å²) < 4.78 is 0. The minimum atomic E-state index is 0.748. The molecule has 2 N–H and O–H groups in total. The van der Waals surface area contributed by atoms with Gasteiger partial charge in [0.25, 0.3) is 0 Å². The van der Waals surface area contributed by atoms with Crippen molar-refractivity contribution in [3.63, 3.8) is 0 Å². The summed E-state index contributed by atoms with van der Waals surface area (Å²) in [6.07, 6.45) is 9.48. The van der Waals surface area contributed by atoms with Gasteiger partial charge in [0.15, 0.2) is 0 Å². The summed E-state index contributed by atoms with van der Waals surface area (Å²) in [6, 6.07) is 7.50. The van der Waals surface area contributed by atoms with Crippen LogP contribution >= 0.6 is 0 Å². The number of nitrogens with one attached hydrogen (secondary N) is 2. The van der Waals surface area contributed by atoms with Crippen LogP contribution in [0.5, 0.6) is 0 Å². The van der Waals surface area contributed by atoms with Crippen LogP contribution in [0.25, 0.3) is 0 Å². The second-order valence-corrected chi connectivity index (χ2v) is 5.70. The number of fused-ring (bicyclic) bond motifs is 1. The zero-order valence-electron chi connectivity index (χ0n) is 11.2. The summed E-state index contributed by atoms with van der Waals surface area (Å²) in [5.74, 6) is 0. The molecule has 1 aliphatic heterocycles. The molecule has 1 aromatic rings. The van der Waals surface area contributed by atoms with Crippen molar-refractivity contribution < 1.29 is 0 Å². The normalized spacial score (nSPS) is 20.2. The van der Waals surface area contributed by atoms with E-state index in [-0.39, 0.29) is 0 Å². The van der Waals surface area contributed by atoms with Crippen molar-refractivity contribution in [1.82, 2.24) is 5.32 Å². The van der Waals surface area contributed by atoms with Crippen molar-refractivity contribution in [2.45, 2.75) is 57.5 Å². The lowest BCUT2D eigenvalue weighted by atomic mass is 9.95. The van der Waals surface area contributed by atoms with Gasteiger partial charge in [0.05, 0.1) is 0 Å². The Morgan fingerprint density at radius 1 is 1.11 bits per heavy atom. The molecule has 2 aliphatic rings. The maximum Gasteiger partial charge on any atom is 0.0418 e. The molecule has 18 heavy (non-hydrogen) atoms. The maximum absolute atomic E-state index is 3.75. The summed E-state index contributed by atoms with van der Waals surface area (Å²) >= 11 is 0. The molecule has 3 rings (SSSR count). The largest absolute Gasteiger partial charge is 0.385 e. The second-order valence-electron chi connectivity index (χ2n) is 5.70. The number of hydrogen-bond donors (Lipinski definition) is 2. The summed E-state index contributed by atoms with van der Waals surface area (Å²) in [4.78, 5) is 0. The van der Waals surface area contributed by atoms with E-state index in [9.17, 15) is 0 Å². The minimum absolute atomic E-state index is 0.748. The van der Waals surface area contributed by atoms with Crippen molar-refractivity contribution in [2.75, 3.05) is 11.9 Å². The lowest BCUT2D eigenvalue weighted by Crippen LogP contribution is -2.31. The van der Waals surface area contributed by atoms with E-state index in [2.05, 4.69) is 28.8 Å². The van der Waals surface area contributed by atoms with Crippen molar-refractivity contribution in [1.29, 1.82) is 0 Å². The van der Waals surface area contributed by atoms with Crippen LogP contribution in [-0.2, 0) is 13.0 Å². The molecule has 98 valence electrons. The Balaban J connectivity index is 1.65. The molecule has 0 aromatic heterocycles. The standard InChI is InChI=1S/C16H24N2/c1-2-9-15(10-3-1)18-12-14-7-4-6-13-8-5-11-17-16(13)14/h4,6-7,15,17-18H,1-3,5,8-12H2. The highest BCUT2D eigenvalue weighted by Gasteiger charge is 2.15. The average Bonchev–Trinajstić information content (AvgIpc) is 2.46. The molecule has 0 radical (unpaired) electrons. The third-order valence-corrected chi connectivity index (χ3v) is 4.35. The first-order chi connectivity index (χ1) is 8.93. The van der Waals surface area contributed by atoms with Crippen LogP contribution in [0, 0.1) is 0 Å². The van der Waals surface area contributed by atoms with Crippen molar-refractivity contribution in [3.8, 4) is 0 Å². The number of rotatable bonds is 3. The Hall–Kier alpha value is -1.02. The summed E-state index contributed by atoms with van der Waals surface area (Å²) in [5.41, 5.74) is 4.37. The maximum atomic E-state index is 3.75. The fourth-order valence-corrected chi connectivity index (χ4v) is 3.29. The Morgan fingerprint density at radius 3 is 2.89 bits per heavy atom. The first kappa shape index (κ1) is 12.0. The van der Waals surface area contributed by atoms with E-state index < -0.39 is 0 Å². The molecule has 0 unspecified atom stereocenters. The molecule has 1 fully saturated rings. The first-order valence-corrected chi connectivity index (χ1v) is 7.51. The van der Waals surface area contributed by atoms with Crippen LogP contribution in [0.2, 0.25) is 0 Å². The Labute approximate surface area is 110 Å². The predicted molar refractivity (Wildman–Crippen MR) is 77.0 cm³/mol. The molecule has 1 saturated carbocycles. The predicted octanol–water partition coefficient (Wildman–Crippen LogP) is 3.47. The molecule has 1 aliphatic carbocycles. The highest BCUT2D eigenvalue weighted by atomic mass is 14.9. The second kappa shape index (κ2) is 5.75. The zero-order chi connectivity index (χ0) is 12.2. The first-order valence-electron chi connectivity index (χ1n) is 7.51. The third kappa shape index (κ3) is 2.69. The fourth-order valence-electron chi connectivity index (χ4n) is 3.29. The van der Waals surface area contributed by atoms with E-state index in [1.165, 1.54) is 61.8 Å². The Morgan fingerprint density at radius 2 is 2.00 bits per heavy atom. The van der Waals surface area contributed by atoms with Gasteiger partial charge >= 0.3 is 0 Å². The summed E-state index contributed by atoms with van der Waals surface area (Å²) in [6.45, 7) is 2.16. The lowest BCUT2D eigenvalue weighted by Gasteiger charge is -2.25. The third-order valence-electron chi connectivity index (χ3n) is 4.35. The van der Waals surface area contributed by atoms with E-state index in [0.29, 0.717) is 0 Å². The Kier molecular flexibility index (Phi) is 3.84. The molecule has 0 amide bonds. The smallest absolute Gasteiger partial charge is 0.0418 e. The molecular weight excluding hydrogens is 220 g/mol. The van der Waals surface area contributed by atoms with Gasteiger partial charge < -0.3 is 10.6 Å². The monoisotopic (exact) mass is 244 g/mol. The van der Waals surface area contributed by atoms with Gasteiger partial charge in [-0.05, 0) is 36.8 Å². The number of hydrogen-bond acceptors (Lipinski definition) is 2. The van der Waals surface area contributed by atoms with Crippen LogP contribution in [0.3, 0.4) is 0 Å². The van der Waals surface area contributed by atoms with Gasteiger partial charge in [-0.15, -0.1) is 0 Å². The minimum Gasteiger partial charge on any atom is -0.385 e. The van der Waals surface area contributed by atoms with E-state index in [4.69, 9.17) is 0 Å². The fraction of sp³-hybridized carbons (Fsp3) is 0.625. The van der Waals surface area contributed by atoms with Gasteiger partial charge in [-0.2, -0.15) is 0 Å². The molecule has 0 saturated heterocycles. The Bertz CT molecular complexity index is 394. The number of benzene rings is 1. The van der Waals surface area contributed by atoms with Crippen molar-refractivity contribution in [3.05, 3.63) is 29.3 Å². The summed E-state index contributed by atoms with van der Waals surface area (Å²) in [5, 5.41) is 7.33. The van der Waals surface area contributed by atoms with Gasteiger partial charge in [0.1, 0.15) is 0 Å². The molecule has 1 heterocycles. The van der Waals surface area contributed by atoms with Crippen LogP contribution in [0.1, 0.15) is 49.7 Å². The summed E-state index contributed by atoms with van der Waals surface area (Å²) in [7, 11) is 0. The zero-order valence-corrected chi connectivity index (χ0v) is 11.2.